The summed E-state index contributed by atoms with van der Waals surface area (Å²) < 4.78 is 0. The first kappa shape index (κ1) is 11.3. The first-order valence-corrected chi connectivity index (χ1v) is 5.90. The third-order valence-corrected chi connectivity index (χ3v) is 3.26. The van der Waals surface area contributed by atoms with Gasteiger partial charge in [0.1, 0.15) is 0 Å². The predicted octanol–water partition coefficient (Wildman–Crippen LogP) is 2.30. The molecule has 1 aliphatic heterocycles. The monoisotopic (exact) mass is 249 g/mol. The first-order chi connectivity index (χ1) is 9.20. The molecule has 2 aromatic carbocycles. The van der Waals surface area contributed by atoms with Crippen molar-refractivity contribution in [2.75, 3.05) is 10.6 Å². The number of rotatable bonds is 1. The van der Waals surface area contributed by atoms with Crippen LogP contribution in [0, 0.1) is 11.3 Å². The first-order valence-electron chi connectivity index (χ1n) is 5.90. The minimum Gasteiger partial charge on any atom is -0.398 e. The predicted molar refractivity (Wildman–Crippen MR) is 72.5 cm³/mol. The van der Waals surface area contributed by atoms with E-state index in [4.69, 9.17) is 11.0 Å². The molecule has 1 amide bonds. The van der Waals surface area contributed by atoms with Crippen LogP contribution in [0.15, 0.2) is 42.5 Å². The summed E-state index contributed by atoms with van der Waals surface area (Å²) in [5.41, 5.74) is 9.12. The maximum absolute atomic E-state index is 12.4. The molecular formula is C15H11N3O. The van der Waals surface area contributed by atoms with Gasteiger partial charge in [-0.1, -0.05) is 18.2 Å². The van der Waals surface area contributed by atoms with E-state index in [0.29, 0.717) is 23.4 Å². The smallest absolute Gasteiger partial charge is 0.261 e. The summed E-state index contributed by atoms with van der Waals surface area (Å²) in [6.45, 7) is 0.494. The topological polar surface area (TPSA) is 70.1 Å². The van der Waals surface area contributed by atoms with Crippen molar-refractivity contribution in [1.29, 1.82) is 5.26 Å². The van der Waals surface area contributed by atoms with Crippen molar-refractivity contribution in [3.8, 4) is 6.07 Å². The van der Waals surface area contributed by atoms with E-state index in [1.807, 2.05) is 18.2 Å². The normalized spacial score (nSPS) is 13.2. The lowest BCUT2D eigenvalue weighted by molar-refractivity contribution is 0.0997. The molecule has 0 spiro atoms. The molecule has 19 heavy (non-hydrogen) atoms. The maximum Gasteiger partial charge on any atom is 0.261 e. The number of hydrogen-bond donors (Lipinski definition) is 1. The van der Waals surface area contributed by atoms with Crippen molar-refractivity contribution < 1.29 is 4.79 Å². The fraction of sp³-hybridized carbons (Fsp3) is 0.0667. The molecule has 1 heterocycles. The van der Waals surface area contributed by atoms with Crippen LogP contribution in [0.25, 0.3) is 0 Å². The third-order valence-electron chi connectivity index (χ3n) is 3.26. The average Bonchev–Trinajstić information content (AvgIpc) is 2.77. The van der Waals surface area contributed by atoms with E-state index in [1.165, 1.54) is 0 Å². The second-order valence-electron chi connectivity index (χ2n) is 4.43. The standard InChI is InChI=1S/C15H11N3O/c16-8-10-3-1-5-12(7-10)18-9-11-4-2-6-13(17)14(11)15(18)19/h1-7H,9,17H2. The van der Waals surface area contributed by atoms with Crippen molar-refractivity contribution in [1.82, 2.24) is 0 Å². The van der Waals surface area contributed by atoms with Gasteiger partial charge in [-0.25, -0.2) is 0 Å². The number of carbonyl (C=O) groups is 1. The number of amides is 1. The van der Waals surface area contributed by atoms with Gasteiger partial charge in [-0.2, -0.15) is 5.26 Å². The maximum atomic E-state index is 12.4. The van der Waals surface area contributed by atoms with E-state index in [9.17, 15) is 4.79 Å². The zero-order valence-corrected chi connectivity index (χ0v) is 10.1. The number of nitrogens with two attached hydrogens (primary N) is 1. The number of nitriles is 1. The van der Waals surface area contributed by atoms with Gasteiger partial charge in [0, 0.05) is 11.4 Å². The van der Waals surface area contributed by atoms with Crippen LogP contribution in [0.5, 0.6) is 0 Å². The van der Waals surface area contributed by atoms with Gasteiger partial charge in [-0.3, -0.25) is 4.79 Å². The number of anilines is 2. The summed E-state index contributed by atoms with van der Waals surface area (Å²) in [5.74, 6) is -0.108. The minimum absolute atomic E-state index is 0.108. The molecule has 2 N–H and O–H groups in total. The number of benzene rings is 2. The molecule has 4 heteroatoms. The van der Waals surface area contributed by atoms with Crippen molar-refractivity contribution in [2.45, 2.75) is 6.54 Å². The van der Waals surface area contributed by atoms with Crippen molar-refractivity contribution in [3.05, 3.63) is 59.2 Å². The molecule has 0 atom stereocenters. The molecule has 1 aliphatic rings. The van der Waals surface area contributed by atoms with Gasteiger partial charge in [-0.15, -0.1) is 0 Å². The quantitative estimate of drug-likeness (QED) is 0.788. The van der Waals surface area contributed by atoms with E-state index in [2.05, 4.69) is 6.07 Å². The fourth-order valence-corrected chi connectivity index (χ4v) is 2.34. The Bertz CT molecular complexity index is 716. The second-order valence-corrected chi connectivity index (χ2v) is 4.43. The Morgan fingerprint density at radius 2 is 2.00 bits per heavy atom. The third kappa shape index (κ3) is 1.72. The number of hydrogen-bond acceptors (Lipinski definition) is 3. The van der Waals surface area contributed by atoms with E-state index in [-0.39, 0.29) is 5.91 Å². The Balaban J connectivity index is 2.05. The minimum atomic E-state index is -0.108. The zero-order chi connectivity index (χ0) is 13.4. The highest BCUT2D eigenvalue weighted by atomic mass is 16.2. The van der Waals surface area contributed by atoms with Crippen LogP contribution in [-0.4, -0.2) is 5.91 Å². The van der Waals surface area contributed by atoms with Gasteiger partial charge in [0.2, 0.25) is 0 Å². The van der Waals surface area contributed by atoms with Gasteiger partial charge < -0.3 is 10.6 Å². The van der Waals surface area contributed by atoms with Crippen LogP contribution >= 0.6 is 0 Å². The van der Waals surface area contributed by atoms with Crippen LogP contribution < -0.4 is 10.6 Å². The van der Waals surface area contributed by atoms with Gasteiger partial charge in [0.25, 0.3) is 5.91 Å². The lowest BCUT2D eigenvalue weighted by Gasteiger charge is -2.15. The highest BCUT2D eigenvalue weighted by molar-refractivity contribution is 6.13. The van der Waals surface area contributed by atoms with Crippen LogP contribution in [0.1, 0.15) is 21.5 Å². The van der Waals surface area contributed by atoms with Gasteiger partial charge in [-0.05, 0) is 29.8 Å². The molecule has 0 bridgehead atoms. The molecule has 4 nitrogen and oxygen atoms in total. The number of carbonyl (C=O) groups excluding carboxylic acids is 1. The molecule has 2 aromatic rings. The highest BCUT2D eigenvalue weighted by Gasteiger charge is 2.30. The van der Waals surface area contributed by atoms with E-state index < -0.39 is 0 Å². The average molecular weight is 249 g/mol. The Morgan fingerprint density at radius 1 is 1.21 bits per heavy atom. The van der Waals surface area contributed by atoms with Crippen molar-refractivity contribution in [2.24, 2.45) is 0 Å². The molecule has 0 fully saturated rings. The SMILES string of the molecule is N#Cc1cccc(N2Cc3cccc(N)c3C2=O)c1. The van der Waals surface area contributed by atoms with E-state index >= 15 is 0 Å². The van der Waals surface area contributed by atoms with Crippen LogP contribution in [-0.2, 0) is 6.54 Å². The Kier molecular flexibility index (Phi) is 2.46. The summed E-state index contributed by atoms with van der Waals surface area (Å²) >= 11 is 0. The van der Waals surface area contributed by atoms with Gasteiger partial charge in [0.05, 0.1) is 23.7 Å². The number of nitrogen functional groups attached to an aromatic ring is 1. The largest absolute Gasteiger partial charge is 0.398 e. The van der Waals surface area contributed by atoms with Gasteiger partial charge >= 0.3 is 0 Å². The number of nitrogens with zero attached hydrogens (tertiary/aromatic N) is 2. The molecule has 3 rings (SSSR count). The van der Waals surface area contributed by atoms with Crippen molar-refractivity contribution in [3.63, 3.8) is 0 Å². The number of fused-ring (bicyclic) bond motifs is 1. The molecule has 92 valence electrons. The Labute approximate surface area is 110 Å². The zero-order valence-electron chi connectivity index (χ0n) is 10.1. The molecule has 0 unspecified atom stereocenters. The lowest BCUT2D eigenvalue weighted by atomic mass is 10.1. The molecule has 0 aliphatic carbocycles. The van der Waals surface area contributed by atoms with E-state index in [1.54, 1.807) is 29.2 Å². The summed E-state index contributed by atoms with van der Waals surface area (Å²) in [6.07, 6.45) is 0. The lowest BCUT2D eigenvalue weighted by Crippen LogP contribution is -2.23. The molecule has 0 radical (unpaired) electrons. The van der Waals surface area contributed by atoms with Crippen LogP contribution in [0.2, 0.25) is 0 Å². The summed E-state index contributed by atoms with van der Waals surface area (Å²) in [6, 6.07) is 14.6. The van der Waals surface area contributed by atoms with Gasteiger partial charge in [0.15, 0.2) is 0 Å². The Morgan fingerprint density at radius 3 is 2.74 bits per heavy atom. The van der Waals surface area contributed by atoms with E-state index in [0.717, 1.165) is 11.3 Å². The van der Waals surface area contributed by atoms with Crippen LogP contribution in [0.4, 0.5) is 11.4 Å². The highest BCUT2D eigenvalue weighted by Crippen LogP contribution is 2.31. The second kappa shape index (κ2) is 4.14. The summed E-state index contributed by atoms with van der Waals surface area (Å²) in [5, 5.41) is 8.91. The molecule has 0 saturated heterocycles. The van der Waals surface area contributed by atoms with Crippen LogP contribution in [0.3, 0.4) is 0 Å². The summed E-state index contributed by atoms with van der Waals surface area (Å²) in [4.78, 5) is 14.0. The molecular weight excluding hydrogens is 238 g/mol. The molecule has 0 aromatic heterocycles. The summed E-state index contributed by atoms with van der Waals surface area (Å²) in [7, 11) is 0. The fourth-order valence-electron chi connectivity index (χ4n) is 2.34. The Hall–Kier alpha value is -2.80. The molecule has 0 saturated carbocycles. The van der Waals surface area contributed by atoms with Crippen molar-refractivity contribution >= 4 is 17.3 Å².